The van der Waals surface area contributed by atoms with Gasteiger partial charge in [0.05, 0.1) is 25.2 Å². The van der Waals surface area contributed by atoms with Crippen molar-refractivity contribution in [3.05, 3.63) is 37.0 Å². The van der Waals surface area contributed by atoms with Crippen LogP contribution in [-0.2, 0) is 16.0 Å². The minimum atomic E-state index is -0.815. The first-order chi connectivity index (χ1) is 13.9. The van der Waals surface area contributed by atoms with E-state index in [1.807, 2.05) is 26.0 Å². The second-order valence-electron chi connectivity index (χ2n) is 6.58. The quantitative estimate of drug-likeness (QED) is 0.608. The molecular formula is C21H29BrN2O5. The highest BCUT2D eigenvalue weighted by Crippen LogP contribution is 2.11. The van der Waals surface area contributed by atoms with Crippen LogP contribution in [0.3, 0.4) is 0 Å². The molecule has 0 unspecified atom stereocenters. The summed E-state index contributed by atoms with van der Waals surface area (Å²) in [7, 11) is 0. The molecule has 1 aromatic heterocycles. The number of carbonyl (C=O) groups excluding carboxylic acids is 1. The number of aromatic hydroxyl groups is 1. The molecule has 0 spiro atoms. The first kappa shape index (κ1) is 23.4. The normalized spacial score (nSPS) is 17.0. The molecule has 1 fully saturated rings. The maximum Gasteiger partial charge on any atom is 0.347 e. The van der Waals surface area contributed by atoms with Crippen LogP contribution in [0.5, 0.6) is 5.75 Å². The Bertz CT molecular complexity index is 930. The van der Waals surface area contributed by atoms with E-state index in [2.05, 4.69) is 20.8 Å². The fourth-order valence-corrected chi connectivity index (χ4v) is 3.43. The van der Waals surface area contributed by atoms with Gasteiger partial charge in [0.15, 0.2) is 5.56 Å². The molecule has 0 aromatic carbocycles. The van der Waals surface area contributed by atoms with Crippen molar-refractivity contribution in [2.75, 3.05) is 39.5 Å². The second kappa shape index (κ2) is 11.3. The van der Waals surface area contributed by atoms with Gasteiger partial charge in [-0.25, -0.2) is 4.79 Å². The lowest BCUT2D eigenvalue weighted by Gasteiger charge is -2.27. The zero-order valence-electron chi connectivity index (χ0n) is 17.2. The van der Waals surface area contributed by atoms with Crippen molar-refractivity contribution in [2.45, 2.75) is 33.7 Å². The van der Waals surface area contributed by atoms with E-state index in [1.54, 1.807) is 17.6 Å². The smallest absolute Gasteiger partial charge is 0.347 e. The van der Waals surface area contributed by atoms with Crippen molar-refractivity contribution in [2.24, 2.45) is 0 Å². The molecule has 1 aromatic rings. The van der Waals surface area contributed by atoms with Crippen LogP contribution in [0.1, 0.15) is 37.6 Å². The fraction of sp³-hybridized carbons (Fsp3) is 0.524. The standard InChI is InChI=1S/C21H29BrN2O5/c1-4-7-17-16(14-15(22)5-2)19(25)18(21(27)29-6-3)20(26)24(17)9-8-23-10-12-28-13-11-23/h5,7,14,25H,4,6,8-13H2,1-3H3/b15-5+,16-14+,17-7-. The van der Waals surface area contributed by atoms with Gasteiger partial charge in [0, 0.05) is 35.9 Å². The number of halogens is 1. The van der Waals surface area contributed by atoms with Crippen LogP contribution in [0.25, 0.3) is 12.2 Å². The van der Waals surface area contributed by atoms with Crippen LogP contribution in [0.4, 0.5) is 0 Å². The molecule has 0 radical (unpaired) electrons. The number of nitrogens with zero attached hydrogens (tertiary/aromatic N) is 2. The molecule has 160 valence electrons. The SMILES string of the molecule is C\C=C(Br)/C=c1/c(O)c(C(=O)OCC)c(=O)n(CCN2CCOCC2)/c1=C\CC. The number of carbonyl (C=O) groups is 1. The zero-order chi connectivity index (χ0) is 21.4. The number of hydrogen-bond donors (Lipinski definition) is 1. The van der Waals surface area contributed by atoms with E-state index in [4.69, 9.17) is 9.47 Å². The highest BCUT2D eigenvalue weighted by Gasteiger charge is 2.22. The summed E-state index contributed by atoms with van der Waals surface area (Å²) in [5.74, 6) is -1.17. The van der Waals surface area contributed by atoms with Crippen LogP contribution in [0, 0.1) is 0 Å². The third-order valence-corrected chi connectivity index (χ3v) is 5.38. The van der Waals surface area contributed by atoms with Crippen LogP contribution in [0.2, 0.25) is 0 Å². The highest BCUT2D eigenvalue weighted by atomic mass is 79.9. The number of esters is 1. The largest absolute Gasteiger partial charge is 0.506 e. The average molecular weight is 469 g/mol. The Hall–Kier alpha value is -1.90. The molecule has 1 aliphatic rings. The highest BCUT2D eigenvalue weighted by molar-refractivity contribution is 9.12. The van der Waals surface area contributed by atoms with E-state index in [0.717, 1.165) is 17.6 Å². The van der Waals surface area contributed by atoms with E-state index >= 15 is 0 Å². The van der Waals surface area contributed by atoms with E-state index < -0.39 is 11.5 Å². The van der Waals surface area contributed by atoms with Crippen LogP contribution >= 0.6 is 15.9 Å². The predicted molar refractivity (Wildman–Crippen MR) is 117 cm³/mol. The summed E-state index contributed by atoms with van der Waals surface area (Å²) >= 11 is 3.42. The second-order valence-corrected chi connectivity index (χ2v) is 7.50. The summed E-state index contributed by atoms with van der Waals surface area (Å²) < 4.78 is 12.7. The van der Waals surface area contributed by atoms with E-state index in [0.29, 0.717) is 43.3 Å². The van der Waals surface area contributed by atoms with E-state index in [1.165, 1.54) is 0 Å². The molecule has 2 heterocycles. The third-order valence-electron chi connectivity index (χ3n) is 4.70. The molecule has 2 rings (SSSR count). The van der Waals surface area contributed by atoms with Crippen LogP contribution in [-0.4, -0.2) is 60.0 Å². The van der Waals surface area contributed by atoms with Crippen molar-refractivity contribution in [3.8, 4) is 5.75 Å². The summed E-state index contributed by atoms with van der Waals surface area (Å²) in [6.45, 7) is 9.56. The first-order valence-corrected chi connectivity index (χ1v) is 10.7. The fourth-order valence-electron chi connectivity index (χ4n) is 3.20. The van der Waals surface area contributed by atoms with Crippen molar-refractivity contribution in [1.82, 2.24) is 9.47 Å². The molecule has 1 saturated heterocycles. The number of rotatable bonds is 7. The lowest BCUT2D eigenvalue weighted by molar-refractivity contribution is 0.0361. The summed E-state index contributed by atoms with van der Waals surface area (Å²) in [4.78, 5) is 27.8. The third kappa shape index (κ3) is 5.81. The maximum atomic E-state index is 13.2. The van der Waals surface area contributed by atoms with Gasteiger partial charge < -0.3 is 19.1 Å². The zero-order valence-corrected chi connectivity index (χ0v) is 18.8. The number of ether oxygens (including phenoxy) is 2. The van der Waals surface area contributed by atoms with Crippen molar-refractivity contribution in [1.29, 1.82) is 0 Å². The predicted octanol–water partition coefficient (Wildman–Crippen LogP) is 1.33. The Balaban J connectivity index is 2.71. The number of pyridine rings is 1. The number of hydrogen-bond acceptors (Lipinski definition) is 6. The van der Waals surface area contributed by atoms with E-state index in [9.17, 15) is 14.7 Å². The molecule has 0 bridgehead atoms. The Kier molecular flexibility index (Phi) is 9.13. The summed E-state index contributed by atoms with van der Waals surface area (Å²) in [6, 6.07) is 0. The molecule has 0 saturated carbocycles. The van der Waals surface area contributed by atoms with Crippen LogP contribution in [0.15, 0.2) is 15.4 Å². The number of morpholine rings is 1. The number of aromatic nitrogens is 1. The number of allylic oxidation sites excluding steroid dienone is 2. The molecule has 8 heteroatoms. The summed E-state index contributed by atoms with van der Waals surface area (Å²) in [5, 5.41) is 11.8. The van der Waals surface area contributed by atoms with Gasteiger partial charge in [0.1, 0.15) is 5.75 Å². The Labute approximate surface area is 179 Å². The Morgan fingerprint density at radius 2 is 1.97 bits per heavy atom. The monoisotopic (exact) mass is 468 g/mol. The molecular weight excluding hydrogens is 440 g/mol. The minimum Gasteiger partial charge on any atom is -0.506 e. The van der Waals surface area contributed by atoms with Gasteiger partial charge in [-0.3, -0.25) is 9.69 Å². The molecule has 29 heavy (non-hydrogen) atoms. The Morgan fingerprint density at radius 3 is 2.55 bits per heavy atom. The van der Waals surface area contributed by atoms with Gasteiger partial charge in [-0.2, -0.15) is 0 Å². The van der Waals surface area contributed by atoms with Gasteiger partial charge in [0.2, 0.25) is 0 Å². The molecule has 0 atom stereocenters. The van der Waals surface area contributed by atoms with Crippen molar-refractivity contribution >= 4 is 34.1 Å². The molecule has 1 N–H and O–H groups in total. The van der Waals surface area contributed by atoms with Crippen molar-refractivity contribution < 1.29 is 19.4 Å². The van der Waals surface area contributed by atoms with Crippen molar-refractivity contribution in [3.63, 3.8) is 0 Å². The first-order valence-electron chi connectivity index (χ1n) is 9.91. The molecule has 1 aliphatic heterocycles. The van der Waals surface area contributed by atoms with E-state index in [-0.39, 0.29) is 17.9 Å². The lowest BCUT2D eigenvalue weighted by Crippen LogP contribution is -2.48. The van der Waals surface area contributed by atoms with Gasteiger partial charge in [-0.05, 0) is 26.3 Å². The van der Waals surface area contributed by atoms with Gasteiger partial charge in [-0.1, -0.05) is 35.0 Å². The lowest BCUT2D eigenvalue weighted by atomic mass is 10.1. The van der Waals surface area contributed by atoms with Gasteiger partial charge >= 0.3 is 5.97 Å². The average Bonchev–Trinajstić information content (AvgIpc) is 2.71. The molecule has 7 nitrogen and oxygen atoms in total. The van der Waals surface area contributed by atoms with Gasteiger partial charge in [0.25, 0.3) is 5.56 Å². The van der Waals surface area contributed by atoms with Crippen LogP contribution < -0.4 is 16.1 Å². The van der Waals surface area contributed by atoms with Gasteiger partial charge in [-0.15, -0.1) is 0 Å². The molecule has 0 aliphatic carbocycles. The molecule has 0 amide bonds. The minimum absolute atomic E-state index is 0.117. The summed E-state index contributed by atoms with van der Waals surface area (Å²) in [6.07, 6.45) is 6.09. The topological polar surface area (TPSA) is 81.0 Å². The summed E-state index contributed by atoms with van der Waals surface area (Å²) in [5.41, 5.74) is -0.868. The maximum absolute atomic E-state index is 13.2. The Morgan fingerprint density at radius 1 is 1.28 bits per heavy atom.